The Morgan fingerprint density at radius 1 is 1.04 bits per heavy atom. The smallest absolute Gasteiger partial charge is 0.335 e. The predicted octanol–water partition coefficient (Wildman–Crippen LogP) is 4.54. The maximum absolute atomic E-state index is 12.9. The molecular formula is C20H26ClF3N2O. The summed E-state index contributed by atoms with van der Waals surface area (Å²) in [5, 5.41) is 3.60. The van der Waals surface area contributed by atoms with Crippen LogP contribution < -0.4 is 5.32 Å². The molecule has 2 bridgehead atoms. The minimum Gasteiger partial charge on any atom is -0.335 e. The highest BCUT2D eigenvalue weighted by Crippen LogP contribution is 2.35. The van der Waals surface area contributed by atoms with Gasteiger partial charge in [0.2, 0.25) is 5.91 Å². The maximum atomic E-state index is 12.9. The van der Waals surface area contributed by atoms with E-state index in [9.17, 15) is 18.0 Å². The molecule has 2 heterocycles. The third kappa shape index (κ3) is 4.96. The maximum Gasteiger partial charge on any atom is 0.416 e. The van der Waals surface area contributed by atoms with Crippen molar-refractivity contribution in [3.8, 4) is 0 Å². The summed E-state index contributed by atoms with van der Waals surface area (Å²) in [5.74, 6) is 0.605. The highest BCUT2D eigenvalue weighted by Gasteiger charge is 2.37. The van der Waals surface area contributed by atoms with Crippen LogP contribution in [0.15, 0.2) is 24.3 Å². The van der Waals surface area contributed by atoms with E-state index in [2.05, 4.69) is 5.32 Å². The average molecular weight is 403 g/mol. The Balaban J connectivity index is 0.00000210. The molecule has 1 saturated carbocycles. The number of carbonyl (C=O) groups excluding carboxylic acids is 1. The summed E-state index contributed by atoms with van der Waals surface area (Å²) in [7, 11) is 0. The Labute approximate surface area is 164 Å². The minimum atomic E-state index is -4.32. The van der Waals surface area contributed by atoms with Gasteiger partial charge in [0, 0.05) is 31.1 Å². The molecule has 2 aliphatic heterocycles. The van der Waals surface area contributed by atoms with Gasteiger partial charge in [-0.15, -0.1) is 12.4 Å². The van der Waals surface area contributed by atoms with Crippen molar-refractivity contribution in [3.63, 3.8) is 0 Å². The van der Waals surface area contributed by atoms with Gasteiger partial charge in [0.05, 0.1) is 5.56 Å². The predicted molar refractivity (Wildman–Crippen MR) is 99.6 cm³/mol. The van der Waals surface area contributed by atoms with Crippen LogP contribution in [0, 0.1) is 5.92 Å². The average Bonchev–Trinajstić information content (AvgIpc) is 3.37. The Hall–Kier alpha value is -1.27. The lowest BCUT2D eigenvalue weighted by molar-refractivity contribution is -0.137. The fourth-order valence-electron chi connectivity index (χ4n) is 4.51. The van der Waals surface area contributed by atoms with Gasteiger partial charge < -0.3 is 10.2 Å². The van der Waals surface area contributed by atoms with E-state index in [1.165, 1.54) is 25.0 Å². The van der Waals surface area contributed by atoms with Crippen LogP contribution in [0.2, 0.25) is 0 Å². The standard InChI is InChI=1S/C20H25F3N2O.ClH/c21-20(22,23)15-3-1-13(2-4-15)12-25(18-7-8-18)19(26)11-14-9-16-5-6-17(10-14)24-16;/h1-4,14,16-18,24H,5-12H2;1H. The molecule has 4 rings (SSSR count). The Morgan fingerprint density at radius 2 is 1.63 bits per heavy atom. The highest BCUT2D eigenvalue weighted by molar-refractivity contribution is 5.85. The largest absolute Gasteiger partial charge is 0.416 e. The molecule has 3 nitrogen and oxygen atoms in total. The van der Waals surface area contributed by atoms with E-state index in [4.69, 9.17) is 0 Å². The molecule has 0 radical (unpaired) electrons. The van der Waals surface area contributed by atoms with Gasteiger partial charge in [0.1, 0.15) is 0 Å². The number of hydrogen-bond acceptors (Lipinski definition) is 2. The van der Waals surface area contributed by atoms with Crippen LogP contribution in [-0.4, -0.2) is 28.9 Å². The van der Waals surface area contributed by atoms with Crippen LogP contribution >= 0.6 is 12.4 Å². The number of hydrogen-bond donors (Lipinski definition) is 1. The van der Waals surface area contributed by atoms with Gasteiger partial charge in [0.25, 0.3) is 0 Å². The number of fused-ring (bicyclic) bond motifs is 2. The summed E-state index contributed by atoms with van der Waals surface area (Å²) >= 11 is 0. The summed E-state index contributed by atoms with van der Waals surface area (Å²) in [6.07, 6.45) is 2.83. The van der Waals surface area contributed by atoms with Crippen molar-refractivity contribution in [1.29, 1.82) is 0 Å². The third-order valence-electron chi connectivity index (χ3n) is 5.98. The first-order valence-electron chi connectivity index (χ1n) is 9.60. The van der Waals surface area contributed by atoms with Crippen molar-refractivity contribution in [1.82, 2.24) is 10.2 Å². The fraction of sp³-hybridized carbons (Fsp3) is 0.650. The molecule has 2 unspecified atom stereocenters. The van der Waals surface area contributed by atoms with Gasteiger partial charge >= 0.3 is 6.18 Å². The van der Waals surface area contributed by atoms with Gasteiger partial charge in [-0.3, -0.25) is 4.79 Å². The molecule has 1 amide bonds. The number of amides is 1. The van der Waals surface area contributed by atoms with Gasteiger partial charge in [-0.25, -0.2) is 0 Å². The molecule has 0 spiro atoms. The second-order valence-corrected chi connectivity index (χ2v) is 8.13. The molecule has 3 fully saturated rings. The number of nitrogens with one attached hydrogen (secondary N) is 1. The van der Waals surface area contributed by atoms with Crippen LogP contribution in [0.5, 0.6) is 0 Å². The molecular weight excluding hydrogens is 377 g/mol. The van der Waals surface area contributed by atoms with E-state index in [-0.39, 0.29) is 24.4 Å². The summed E-state index contributed by atoms with van der Waals surface area (Å²) in [6.45, 7) is 0.416. The van der Waals surface area contributed by atoms with E-state index in [1.54, 1.807) is 0 Å². The number of benzene rings is 1. The van der Waals surface area contributed by atoms with Crippen LogP contribution in [0.4, 0.5) is 13.2 Å². The van der Waals surface area contributed by atoms with Crippen LogP contribution in [0.3, 0.4) is 0 Å². The van der Waals surface area contributed by atoms with E-state index in [0.29, 0.717) is 31.0 Å². The minimum absolute atomic E-state index is 0. The lowest BCUT2D eigenvalue weighted by Crippen LogP contribution is -2.40. The van der Waals surface area contributed by atoms with Gasteiger partial charge in [-0.05, 0) is 62.1 Å². The molecule has 7 heteroatoms. The molecule has 3 aliphatic rings. The highest BCUT2D eigenvalue weighted by atomic mass is 35.5. The zero-order valence-electron chi connectivity index (χ0n) is 15.2. The molecule has 27 heavy (non-hydrogen) atoms. The fourth-order valence-corrected chi connectivity index (χ4v) is 4.51. The molecule has 1 aromatic carbocycles. The van der Waals surface area contributed by atoms with Crippen molar-refractivity contribution in [2.45, 2.75) is 75.8 Å². The molecule has 0 aromatic heterocycles. The SMILES string of the molecule is Cl.O=C(CC1CC2CCC(C1)N2)N(Cc1ccc(C(F)(F)F)cc1)C1CC1. The van der Waals surface area contributed by atoms with Gasteiger partial charge in [0.15, 0.2) is 0 Å². The number of nitrogens with zero attached hydrogens (tertiary/aromatic N) is 1. The zero-order valence-corrected chi connectivity index (χ0v) is 16.0. The number of carbonyl (C=O) groups is 1. The van der Waals surface area contributed by atoms with Gasteiger partial charge in [-0.1, -0.05) is 12.1 Å². The quantitative estimate of drug-likeness (QED) is 0.784. The molecule has 2 atom stereocenters. The molecule has 150 valence electrons. The van der Waals surface area contributed by atoms with Gasteiger partial charge in [-0.2, -0.15) is 13.2 Å². The molecule has 1 aliphatic carbocycles. The summed E-state index contributed by atoms with van der Waals surface area (Å²) in [4.78, 5) is 14.8. The van der Waals surface area contributed by atoms with Crippen LogP contribution in [0.1, 0.15) is 56.1 Å². The number of alkyl halides is 3. The van der Waals surface area contributed by atoms with Crippen molar-refractivity contribution in [2.75, 3.05) is 0 Å². The van der Waals surface area contributed by atoms with E-state index < -0.39 is 11.7 Å². The van der Waals surface area contributed by atoms with E-state index >= 15 is 0 Å². The van der Waals surface area contributed by atoms with Crippen molar-refractivity contribution in [3.05, 3.63) is 35.4 Å². The molecule has 1 aromatic rings. The first-order valence-corrected chi connectivity index (χ1v) is 9.60. The Kier molecular flexibility index (Phi) is 6.06. The third-order valence-corrected chi connectivity index (χ3v) is 5.98. The van der Waals surface area contributed by atoms with Crippen molar-refractivity contribution >= 4 is 18.3 Å². The number of halogens is 4. The van der Waals surface area contributed by atoms with Crippen LogP contribution in [-0.2, 0) is 17.5 Å². The Morgan fingerprint density at radius 3 is 2.15 bits per heavy atom. The molecule has 2 saturated heterocycles. The number of rotatable bonds is 5. The monoisotopic (exact) mass is 402 g/mol. The van der Waals surface area contributed by atoms with E-state index in [1.807, 2.05) is 4.90 Å². The number of piperidine rings is 1. The van der Waals surface area contributed by atoms with Crippen molar-refractivity contribution in [2.24, 2.45) is 5.92 Å². The second kappa shape index (κ2) is 8.00. The topological polar surface area (TPSA) is 32.3 Å². The lowest BCUT2D eigenvalue weighted by Gasteiger charge is -2.31. The van der Waals surface area contributed by atoms with Crippen molar-refractivity contribution < 1.29 is 18.0 Å². The lowest BCUT2D eigenvalue weighted by atomic mass is 9.89. The van der Waals surface area contributed by atoms with Crippen LogP contribution in [0.25, 0.3) is 0 Å². The first-order chi connectivity index (χ1) is 12.4. The Bertz CT molecular complexity index is 648. The normalized spacial score (nSPS) is 27.1. The first kappa shape index (κ1) is 20.5. The molecule has 1 N–H and O–H groups in total. The van der Waals surface area contributed by atoms with E-state index in [0.717, 1.165) is 43.4 Å². The second-order valence-electron chi connectivity index (χ2n) is 8.13. The summed E-state index contributed by atoms with van der Waals surface area (Å²) in [5.41, 5.74) is 0.124. The zero-order chi connectivity index (χ0) is 18.3. The summed E-state index contributed by atoms with van der Waals surface area (Å²) < 4.78 is 38.1. The summed E-state index contributed by atoms with van der Waals surface area (Å²) in [6, 6.07) is 6.60.